The minimum Gasteiger partial charge on any atom is -0.497 e. The van der Waals surface area contributed by atoms with Crippen LogP contribution in [0.25, 0.3) is 22.3 Å². The Labute approximate surface area is 196 Å². The first-order chi connectivity index (χ1) is 16.0. The van der Waals surface area contributed by atoms with Crippen LogP contribution >= 0.6 is 11.6 Å². The van der Waals surface area contributed by atoms with Gasteiger partial charge in [-0.1, -0.05) is 17.7 Å². The first-order valence-corrected chi connectivity index (χ1v) is 10.9. The number of methoxy groups -OCH3 is 1. The van der Waals surface area contributed by atoms with E-state index in [9.17, 15) is 9.59 Å². The molecular formula is C25H23ClN4O3. The number of rotatable bonds is 7. The third kappa shape index (κ3) is 5.32. The molecule has 7 nitrogen and oxygen atoms in total. The Morgan fingerprint density at radius 3 is 2.61 bits per heavy atom. The lowest BCUT2D eigenvalue weighted by molar-refractivity contribution is -0.121. The molecule has 0 aliphatic heterocycles. The Balaban J connectivity index is 1.38. The normalized spacial score (nSPS) is 10.7. The summed E-state index contributed by atoms with van der Waals surface area (Å²) >= 11 is 6.23. The van der Waals surface area contributed by atoms with Crippen LogP contribution in [0.2, 0.25) is 5.02 Å². The van der Waals surface area contributed by atoms with E-state index in [1.54, 1.807) is 37.6 Å². The number of aromatic nitrogens is 2. The van der Waals surface area contributed by atoms with Crippen LogP contribution in [0.1, 0.15) is 28.8 Å². The molecule has 2 amide bonds. The van der Waals surface area contributed by atoms with E-state index in [2.05, 4.69) is 20.8 Å². The third-order valence-corrected chi connectivity index (χ3v) is 5.52. The number of fused-ring (bicyclic) bond motifs is 1. The summed E-state index contributed by atoms with van der Waals surface area (Å²) < 4.78 is 5.08. The number of pyridine rings is 1. The highest BCUT2D eigenvalue weighted by molar-refractivity contribution is 6.31. The summed E-state index contributed by atoms with van der Waals surface area (Å²) in [4.78, 5) is 32.4. The average Bonchev–Trinajstić information content (AvgIpc) is 3.20. The molecule has 3 N–H and O–H groups in total. The third-order valence-electron chi connectivity index (χ3n) is 5.29. The molecule has 0 radical (unpaired) electrons. The fraction of sp³-hybridized carbons (Fsp3) is 0.160. The Bertz CT molecular complexity index is 1270. The zero-order chi connectivity index (χ0) is 23.2. The number of hydrazine groups is 1. The Morgan fingerprint density at radius 2 is 1.88 bits per heavy atom. The standard InChI is InChI=1S/C25H23ClN4O3/c1-33-18-11-8-16(9-12-18)25(32)30-29-23(31)7-4-5-19-20-15-17(26)10-13-21(20)28-24(19)22-6-2-3-14-27-22/h2-3,6,8-15,28H,4-5,7H2,1H3,(H,29,31)(H,30,32). The smallest absolute Gasteiger partial charge is 0.269 e. The highest BCUT2D eigenvalue weighted by atomic mass is 35.5. The molecule has 168 valence electrons. The van der Waals surface area contributed by atoms with Gasteiger partial charge in [-0.3, -0.25) is 25.4 Å². The monoisotopic (exact) mass is 462 g/mol. The van der Waals surface area contributed by atoms with Crippen LogP contribution in [-0.2, 0) is 11.2 Å². The van der Waals surface area contributed by atoms with Crippen LogP contribution < -0.4 is 15.6 Å². The van der Waals surface area contributed by atoms with Gasteiger partial charge in [0.2, 0.25) is 5.91 Å². The van der Waals surface area contributed by atoms with Gasteiger partial charge in [-0.2, -0.15) is 0 Å². The second kappa shape index (κ2) is 10.2. The number of hydrogen-bond donors (Lipinski definition) is 3. The van der Waals surface area contributed by atoms with Crippen LogP contribution in [0.3, 0.4) is 0 Å². The van der Waals surface area contributed by atoms with Crippen molar-refractivity contribution in [2.45, 2.75) is 19.3 Å². The van der Waals surface area contributed by atoms with Gasteiger partial charge in [0.05, 0.1) is 18.5 Å². The molecular weight excluding hydrogens is 440 g/mol. The van der Waals surface area contributed by atoms with Crippen LogP contribution in [0.15, 0.2) is 66.9 Å². The molecule has 0 saturated heterocycles. The van der Waals surface area contributed by atoms with Gasteiger partial charge in [-0.25, -0.2) is 0 Å². The first-order valence-electron chi connectivity index (χ1n) is 10.5. The number of aryl methyl sites for hydroxylation is 1. The number of hydrogen-bond acceptors (Lipinski definition) is 4. The van der Waals surface area contributed by atoms with Crippen molar-refractivity contribution in [1.29, 1.82) is 0 Å². The van der Waals surface area contributed by atoms with Crippen molar-refractivity contribution in [3.8, 4) is 17.1 Å². The Morgan fingerprint density at radius 1 is 1.06 bits per heavy atom. The van der Waals surface area contributed by atoms with Gasteiger partial charge < -0.3 is 9.72 Å². The van der Waals surface area contributed by atoms with Gasteiger partial charge >= 0.3 is 0 Å². The van der Waals surface area contributed by atoms with Crippen molar-refractivity contribution in [3.63, 3.8) is 0 Å². The number of nitrogens with zero attached hydrogens (tertiary/aromatic N) is 1. The number of ether oxygens (including phenoxy) is 1. The number of nitrogens with one attached hydrogen (secondary N) is 3. The van der Waals surface area contributed by atoms with Crippen molar-refractivity contribution in [3.05, 3.63) is 83.0 Å². The van der Waals surface area contributed by atoms with Gasteiger partial charge in [0.1, 0.15) is 5.75 Å². The van der Waals surface area contributed by atoms with Crippen molar-refractivity contribution in [1.82, 2.24) is 20.8 Å². The second-order valence-electron chi connectivity index (χ2n) is 7.47. The summed E-state index contributed by atoms with van der Waals surface area (Å²) in [6.45, 7) is 0. The Hall–Kier alpha value is -3.84. The lowest BCUT2D eigenvalue weighted by atomic mass is 10.0. The van der Waals surface area contributed by atoms with E-state index < -0.39 is 5.91 Å². The molecule has 0 aliphatic rings. The molecule has 0 spiro atoms. The fourth-order valence-electron chi connectivity index (χ4n) is 3.64. The maximum atomic E-state index is 12.3. The highest BCUT2D eigenvalue weighted by Crippen LogP contribution is 2.32. The van der Waals surface area contributed by atoms with Crippen LogP contribution in [-0.4, -0.2) is 28.9 Å². The summed E-state index contributed by atoms with van der Waals surface area (Å²) in [6.07, 6.45) is 3.23. The summed E-state index contributed by atoms with van der Waals surface area (Å²) in [5.74, 6) is -0.0111. The van der Waals surface area contributed by atoms with Crippen LogP contribution in [0.5, 0.6) is 5.75 Å². The molecule has 4 rings (SSSR count). The number of halogens is 1. The number of aromatic amines is 1. The van der Waals surface area contributed by atoms with Gasteiger partial charge in [0.25, 0.3) is 5.91 Å². The molecule has 0 fully saturated rings. The number of H-pyrrole nitrogens is 1. The molecule has 2 aromatic carbocycles. The van der Waals surface area contributed by atoms with E-state index in [1.807, 2.05) is 36.4 Å². The fourth-order valence-corrected chi connectivity index (χ4v) is 3.81. The number of carbonyl (C=O) groups is 2. The minimum atomic E-state index is -0.394. The van der Waals surface area contributed by atoms with Gasteiger partial charge in [-0.15, -0.1) is 0 Å². The largest absolute Gasteiger partial charge is 0.497 e. The average molecular weight is 463 g/mol. The zero-order valence-electron chi connectivity index (χ0n) is 18.0. The molecule has 8 heteroatoms. The summed E-state index contributed by atoms with van der Waals surface area (Å²) in [7, 11) is 1.56. The lowest BCUT2D eigenvalue weighted by Gasteiger charge is -2.08. The van der Waals surface area contributed by atoms with Crippen LogP contribution in [0.4, 0.5) is 0 Å². The second-order valence-corrected chi connectivity index (χ2v) is 7.90. The molecule has 0 saturated carbocycles. The highest BCUT2D eigenvalue weighted by Gasteiger charge is 2.15. The molecule has 2 aromatic heterocycles. The molecule has 2 heterocycles. The Kier molecular flexibility index (Phi) is 6.90. The van der Waals surface area contributed by atoms with Crippen molar-refractivity contribution >= 4 is 34.3 Å². The number of benzene rings is 2. The topological polar surface area (TPSA) is 96.1 Å². The summed E-state index contributed by atoms with van der Waals surface area (Å²) in [6, 6.07) is 18.1. The molecule has 0 bridgehead atoms. The predicted octanol–water partition coefficient (Wildman–Crippen LogP) is 4.68. The van der Waals surface area contributed by atoms with E-state index in [0.717, 1.165) is 27.9 Å². The minimum absolute atomic E-state index is 0.248. The SMILES string of the molecule is COc1ccc(C(=O)NNC(=O)CCCc2c(-c3ccccn3)[nH]c3ccc(Cl)cc23)cc1. The van der Waals surface area contributed by atoms with Gasteiger partial charge in [0.15, 0.2) is 0 Å². The predicted molar refractivity (Wildman–Crippen MR) is 128 cm³/mol. The van der Waals surface area contributed by atoms with E-state index in [1.165, 1.54) is 0 Å². The molecule has 0 atom stereocenters. The van der Waals surface area contributed by atoms with Crippen molar-refractivity contribution in [2.75, 3.05) is 7.11 Å². The van der Waals surface area contributed by atoms with E-state index >= 15 is 0 Å². The quantitative estimate of drug-likeness (QED) is 0.347. The summed E-state index contributed by atoms with van der Waals surface area (Å²) in [5.41, 5.74) is 9.10. The molecule has 0 aliphatic carbocycles. The van der Waals surface area contributed by atoms with Crippen LogP contribution in [0, 0.1) is 0 Å². The molecule has 4 aromatic rings. The molecule has 33 heavy (non-hydrogen) atoms. The van der Waals surface area contributed by atoms with Gasteiger partial charge in [0, 0.05) is 34.1 Å². The maximum absolute atomic E-state index is 12.3. The van der Waals surface area contributed by atoms with Crippen molar-refractivity contribution < 1.29 is 14.3 Å². The molecule has 0 unspecified atom stereocenters. The zero-order valence-corrected chi connectivity index (χ0v) is 18.8. The van der Waals surface area contributed by atoms with E-state index in [-0.39, 0.29) is 12.3 Å². The summed E-state index contributed by atoms with van der Waals surface area (Å²) in [5, 5.41) is 1.66. The van der Waals surface area contributed by atoms with Gasteiger partial charge in [-0.05, 0) is 73.0 Å². The van der Waals surface area contributed by atoms with Crippen molar-refractivity contribution in [2.24, 2.45) is 0 Å². The number of carbonyl (C=O) groups excluding carboxylic acids is 2. The number of amides is 2. The first kappa shape index (κ1) is 22.4. The van der Waals surface area contributed by atoms with E-state index in [0.29, 0.717) is 29.2 Å². The lowest BCUT2D eigenvalue weighted by Crippen LogP contribution is -2.41. The van der Waals surface area contributed by atoms with E-state index in [4.69, 9.17) is 16.3 Å². The maximum Gasteiger partial charge on any atom is 0.269 e.